The van der Waals surface area contributed by atoms with Gasteiger partial charge >= 0.3 is 0 Å². The van der Waals surface area contributed by atoms with Crippen LogP contribution in [0.1, 0.15) is 46.4 Å². The Balaban J connectivity index is 1.37. The number of nitrogens with one attached hydrogen (secondary N) is 2. The number of amides is 2. The molecule has 2 N–H and O–H groups in total. The molecule has 5 nitrogen and oxygen atoms in total. The smallest absolute Gasteiger partial charge is 0.253 e. The van der Waals surface area contributed by atoms with Gasteiger partial charge in [-0.25, -0.2) is 8.78 Å². The average Bonchev–Trinajstić information content (AvgIpc) is 3.52. The van der Waals surface area contributed by atoms with Gasteiger partial charge in [0.1, 0.15) is 11.6 Å². The second-order valence-corrected chi connectivity index (χ2v) is 7.66. The summed E-state index contributed by atoms with van der Waals surface area (Å²) in [6.45, 7) is 1.35. The van der Waals surface area contributed by atoms with Crippen molar-refractivity contribution < 1.29 is 18.4 Å². The van der Waals surface area contributed by atoms with Crippen LogP contribution in [0, 0.1) is 11.6 Å². The van der Waals surface area contributed by atoms with E-state index in [1.54, 1.807) is 0 Å². The molecular formula is C22H23F2N3O2. The van der Waals surface area contributed by atoms with E-state index in [0.29, 0.717) is 37.5 Å². The largest absolute Gasteiger partial charge is 0.371 e. The fourth-order valence-electron chi connectivity index (χ4n) is 3.65. The molecule has 1 saturated carbocycles. The van der Waals surface area contributed by atoms with Gasteiger partial charge in [-0.1, -0.05) is 12.1 Å². The first kappa shape index (κ1) is 19.4. The van der Waals surface area contributed by atoms with E-state index in [-0.39, 0.29) is 17.5 Å². The van der Waals surface area contributed by atoms with Crippen LogP contribution in [0.3, 0.4) is 0 Å². The van der Waals surface area contributed by atoms with Crippen molar-refractivity contribution in [1.29, 1.82) is 0 Å². The van der Waals surface area contributed by atoms with Gasteiger partial charge in [0.15, 0.2) is 0 Å². The summed E-state index contributed by atoms with van der Waals surface area (Å²) in [7, 11) is 0. The third kappa shape index (κ3) is 4.72. The van der Waals surface area contributed by atoms with Crippen molar-refractivity contribution in [3.05, 3.63) is 65.2 Å². The maximum absolute atomic E-state index is 13.3. The molecule has 0 unspecified atom stereocenters. The molecule has 0 atom stereocenters. The number of benzene rings is 2. The van der Waals surface area contributed by atoms with Crippen molar-refractivity contribution in [2.75, 3.05) is 18.0 Å². The Bertz CT molecular complexity index is 902. The molecule has 1 aliphatic carbocycles. The van der Waals surface area contributed by atoms with Crippen LogP contribution < -0.4 is 15.5 Å². The normalized spacial score (nSPS) is 17.1. The summed E-state index contributed by atoms with van der Waals surface area (Å²) in [4.78, 5) is 27.0. The maximum Gasteiger partial charge on any atom is 0.253 e. The van der Waals surface area contributed by atoms with Crippen LogP contribution in [0.4, 0.5) is 14.5 Å². The highest BCUT2D eigenvalue weighted by atomic mass is 19.1. The quantitative estimate of drug-likeness (QED) is 0.811. The van der Waals surface area contributed by atoms with E-state index in [1.807, 2.05) is 24.3 Å². The standard InChI is InChI=1S/C22H23F2N3O2/c23-15-11-14(12-16(24)13-15)21(28)25-18-7-9-27(10-8-18)20-4-2-1-3-19(20)22(29)26-17-5-6-17/h1-4,11-13,17-18H,5-10H2,(H,25,28)(H,26,29). The molecule has 0 aromatic heterocycles. The van der Waals surface area contributed by atoms with E-state index in [0.717, 1.165) is 36.7 Å². The summed E-state index contributed by atoms with van der Waals surface area (Å²) in [6, 6.07) is 10.6. The van der Waals surface area contributed by atoms with Crippen LogP contribution in [0.15, 0.2) is 42.5 Å². The summed E-state index contributed by atoms with van der Waals surface area (Å²) in [5.74, 6) is -2.07. The van der Waals surface area contributed by atoms with Crippen molar-refractivity contribution in [3.63, 3.8) is 0 Å². The number of hydrogen-bond donors (Lipinski definition) is 2. The van der Waals surface area contributed by atoms with Gasteiger partial charge in [-0.05, 0) is 49.9 Å². The molecule has 2 amide bonds. The molecule has 1 heterocycles. The Hall–Kier alpha value is -2.96. The lowest BCUT2D eigenvalue weighted by molar-refractivity contribution is 0.0928. The Labute approximate surface area is 168 Å². The SMILES string of the molecule is O=C(NC1CCN(c2ccccc2C(=O)NC2CC2)CC1)c1cc(F)cc(F)c1. The summed E-state index contributed by atoms with van der Waals surface area (Å²) in [5, 5.41) is 5.88. The van der Waals surface area contributed by atoms with Crippen molar-refractivity contribution in [2.24, 2.45) is 0 Å². The summed E-state index contributed by atoms with van der Waals surface area (Å²) >= 11 is 0. The summed E-state index contributed by atoms with van der Waals surface area (Å²) < 4.78 is 26.7. The maximum atomic E-state index is 13.3. The molecule has 4 rings (SSSR count). The molecule has 0 spiro atoms. The number of nitrogens with zero attached hydrogens (tertiary/aromatic N) is 1. The molecule has 1 aliphatic heterocycles. The van der Waals surface area contributed by atoms with Gasteiger partial charge in [0, 0.05) is 42.5 Å². The number of rotatable bonds is 5. The first-order valence-corrected chi connectivity index (χ1v) is 9.91. The number of carbonyl (C=O) groups is 2. The van der Waals surface area contributed by atoms with Crippen molar-refractivity contribution in [2.45, 2.75) is 37.8 Å². The number of anilines is 1. The zero-order valence-electron chi connectivity index (χ0n) is 16.0. The van der Waals surface area contributed by atoms with Crippen LogP contribution in [-0.2, 0) is 0 Å². The first-order chi connectivity index (χ1) is 14.0. The van der Waals surface area contributed by atoms with E-state index < -0.39 is 17.5 Å². The minimum absolute atomic E-state index is 0.0213. The van der Waals surface area contributed by atoms with Crippen molar-refractivity contribution in [1.82, 2.24) is 10.6 Å². The minimum atomic E-state index is -0.772. The van der Waals surface area contributed by atoms with Gasteiger partial charge in [-0.15, -0.1) is 0 Å². The predicted octanol–water partition coefficient (Wildman–Crippen LogP) is 3.26. The van der Waals surface area contributed by atoms with E-state index in [2.05, 4.69) is 15.5 Å². The number of para-hydroxylation sites is 1. The third-order valence-electron chi connectivity index (χ3n) is 5.36. The van der Waals surface area contributed by atoms with Gasteiger partial charge in [0.25, 0.3) is 11.8 Å². The highest BCUT2D eigenvalue weighted by Gasteiger charge is 2.27. The highest BCUT2D eigenvalue weighted by molar-refractivity contribution is 6.00. The lowest BCUT2D eigenvalue weighted by Gasteiger charge is -2.35. The third-order valence-corrected chi connectivity index (χ3v) is 5.36. The lowest BCUT2D eigenvalue weighted by Crippen LogP contribution is -2.45. The van der Waals surface area contributed by atoms with Crippen LogP contribution in [0.25, 0.3) is 0 Å². The van der Waals surface area contributed by atoms with E-state index in [9.17, 15) is 18.4 Å². The van der Waals surface area contributed by atoms with Gasteiger partial charge in [-0.2, -0.15) is 0 Å². The average molecular weight is 399 g/mol. The van der Waals surface area contributed by atoms with Crippen molar-refractivity contribution in [3.8, 4) is 0 Å². The van der Waals surface area contributed by atoms with Crippen LogP contribution in [0.5, 0.6) is 0 Å². The first-order valence-electron chi connectivity index (χ1n) is 9.91. The van der Waals surface area contributed by atoms with Gasteiger partial charge in [0.2, 0.25) is 0 Å². The number of carbonyl (C=O) groups excluding carboxylic acids is 2. The Morgan fingerprint density at radius 3 is 2.07 bits per heavy atom. The summed E-state index contributed by atoms with van der Waals surface area (Å²) in [6.07, 6.45) is 3.44. The second-order valence-electron chi connectivity index (χ2n) is 7.66. The molecule has 7 heteroatoms. The zero-order valence-corrected chi connectivity index (χ0v) is 16.0. The number of hydrogen-bond acceptors (Lipinski definition) is 3. The van der Waals surface area contributed by atoms with E-state index in [1.165, 1.54) is 0 Å². The summed E-state index contributed by atoms with van der Waals surface area (Å²) in [5.41, 5.74) is 1.53. The molecule has 0 radical (unpaired) electrons. The van der Waals surface area contributed by atoms with E-state index >= 15 is 0 Å². The molecular weight excluding hydrogens is 376 g/mol. The molecule has 2 fully saturated rings. The van der Waals surface area contributed by atoms with Crippen molar-refractivity contribution >= 4 is 17.5 Å². The number of halogens is 2. The minimum Gasteiger partial charge on any atom is -0.371 e. The van der Waals surface area contributed by atoms with Crippen LogP contribution >= 0.6 is 0 Å². The Morgan fingerprint density at radius 1 is 0.828 bits per heavy atom. The lowest BCUT2D eigenvalue weighted by atomic mass is 10.0. The Kier molecular flexibility index (Phi) is 5.47. The topological polar surface area (TPSA) is 61.4 Å². The fraction of sp³-hybridized carbons (Fsp3) is 0.364. The Morgan fingerprint density at radius 2 is 1.41 bits per heavy atom. The molecule has 152 valence electrons. The van der Waals surface area contributed by atoms with Gasteiger partial charge in [0.05, 0.1) is 5.56 Å². The number of piperidine rings is 1. The van der Waals surface area contributed by atoms with Gasteiger partial charge < -0.3 is 15.5 Å². The zero-order chi connectivity index (χ0) is 20.4. The predicted molar refractivity (Wildman–Crippen MR) is 106 cm³/mol. The molecule has 1 saturated heterocycles. The monoisotopic (exact) mass is 399 g/mol. The highest BCUT2D eigenvalue weighted by Crippen LogP contribution is 2.26. The molecule has 2 aromatic carbocycles. The molecule has 2 aromatic rings. The fourth-order valence-corrected chi connectivity index (χ4v) is 3.65. The van der Waals surface area contributed by atoms with Crippen LogP contribution in [-0.4, -0.2) is 37.0 Å². The molecule has 0 bridgehead atoms. The molecule has 2 aliphatic rings. The van der Waals surface area contributed by atoms with Gasteiger partial charge in [-0.3, -0.25) is 9.59 Å². The van der Waals surface area contributed by atoms with E-state index in [4.69, 9.17) is 0 Å². The molecule has 29 heavy (non-hydrogen) atoms. The second kappa shape index (κ2) is 8.19. The van der Waals surface area contributed by atoms with Crippen LogP contribution in [0.2, 0.25) is 0 Å².